The summed E-state index contributed by atoms with van der Waals surface area (Å²) in [6.07, 6.45) is 2.21. The average Bonchev–Trinajstić information content (AvgIpc) is 2.19. The van der Waals surface area contributed by atoms with Crippen molar-refractivity contribution >= 4 is 5.82 Å². The summed E-state index contributed by atoms with van der Waals surface area (Å²) >= 11 is 0. The second-order valence-corrected chi connectivity index (χ2v) is 2.55. The van der Waals surface area contributed by atoms with Crippen molar-refractivity contribution in [3.05, 3.63) is 23.9 Å². The summed E-state index contributed by atoms with van der Waals surface area (Å²) in [5, 5.41) is 20.0. The molecule has 0 atom stereocenters. The Bertz CT molecular complexity index is 289. The van der Waals surface area contributed by atoms with Gasteiger partial charge in [-0.25, -0.2) is 4.98 Å². The van der Waals surface area contributed by atoms with E-state index in [1.54, 1.807) is 12.1 Å². The molecule has 4 heteroatoms. The van der Waals surface area contributed by atoms with Crippen LogP contribution in [0.3, 0.4) is 0 Å². The number of anilines is 1. The van der Waals surface area contributed by atoms with Gasteiger partial charge < -0.3 is 10.4 Å². The Balaban J connectivity index is 2.46. The largest absolute Gasteiger partial charge is 0.396 e. The molecule has 2 N–H and O–H groups in total. The fourth-order valence-corrected chi connectivity index (χ4v) is 0.860. The number of hydrogen-bond donors (Lipinski definition) is 2. The molecule has 1 aromatic heterocycles. The van der Waals surface area contributed by atoms with Crippen LogP contribution in [-0.4, -0.2) is 23.2 Å². The molecule has 0 aliphatic rings. The molecule has 0 aliphatic carbocycles. The molecule has 1 heterocycles. The molecule has 0 amide bonds. The van der Waals surface area contributed by atoms with Gasteiger partial charge in [-0.15, -0.1) is 0 Å². The highest BCUT2D eigenvalue weighted by Gasteiger charge is 1.93. The molecule has 0 radical (unpaired) electrons. The van der Waals surface area contributed by atoms with Gasteiger partial charge >= 0.3 is 0 Å². The lowest BCUT2D eigenvalue weighted by Crippen LogP contribution is -2.04. The molecule has 1 rings (SSSR count). The minimum atomic E-state index is 0.170. The van der Waals surface area contributed by atoms with E-state index >= 15 is 0 Å². The van der Waals surface area contributed by atoms with Crippen LogP contribution in [0.15, 0.2) is 18.3 Å². The van der Waals surface area contributed by atoms with Crippen molar-refractivity contribution in [1.29, 1.82) is 5.26 Å². The van der Waals surface area contributed by atoms with Crippen molar-refractivity contribution in [2.24, 2.45) is 0 Å². The van der Waals surface area contributed by atoms with Gasteiger partial charge in [0.1, 0.15) is 11.9 Å². The molecule has 0 saturated heterocycles. The van der Waals surface area contributed by atoms with Crippen molar-refractivity contribution in [3.8, 4) is 6.07 Å². The molecule has 0 fully saturated rings. The molecule has 1 aromatic rings. The van der Waals surface area contributed by atoms with Gasteiger partial charge in [-0.1, -0.05) is 0 Å². The molecule has 0 spiro atoms. The number of aliphatic hydroxyl groups is 1. The van der Waals surface area contributed by atoms with Crippen LogP contribution >= 0.6 is 0 Å². The SMILES string of the molecule is N#Cc1ccc(NCCCO)nc1. The number of aliphatic hydroxyl groups excluding tert-OH is 1. The maximum Gasteiger partial charge on any atom is 0.125 e. The van der Waals surface area contributed by atoms with E-state index in [0.717, 1.165) is 5.82 Å². The first-order chi connectivity index (χ1) is 6.36. The van der Waals surface area contributed by atoms with Gasteiger partial charge in [0, 0.05) is 19.3 Å². The lowest BCUT2D eigenvalue weighted by Gasteiger charge is -2.02. The van der Waals surface area contributed by atoms with Crippen LogP contribution in [0.2, 0.25) is 0 Å². The Kier molecular flexibility index (Phi) is 3.74. The van der Waals surface area contributed by atoms with Crippen LogP contribution in [0.5, 0.6) is 0 Å². The number of hydrogen-bond acceptors (Lipinski definition) is 4. The van der Waals surface area contributed by atoms with E-state index in [2.05, 4.69) is 10.3 Å². The summed E-state index contributed by atoms with van der Waals surface area (Å²) in [5.41, 5.74) is 0.549. The summed E-state index contributed by atoms with van der Waals surface area (Å²) in [7, 11) is 0. The quantitative estimate of drug-likeness (QED) is 0.666. The minimum absolute atomic E-state index is 0.170. The first kappa shape index (κ1) is 9.49. The average molecular weight is 177 g/mol. The van der Waals surface area contributed by atoms with Gasteiger partial charge in [-0.3, -0.25) is 0 Å². The van der Waals surface area contributed by atoms with Gasteiger partial charge in [0.25, 0.3) is 0 Å². The fourth-order valence-electron chi connectivity index (χ4n) is 0.860. The van der Waals surface area contributed by atoms with Gasteiger partial charge in [0.15, 0.2) is 0 Å². The van der Waals surface area contributed by atoms with Crippen LogP contribution < -0.4 is 5.32 Å². The van der Waals surface area contributed by atoms with Crippen LogP contribution in [0.4, 0.5) is 5.82 Å². The second kappa shape index (κ2) is 5.12. The summed E-state index contributed by atoms with van der Waals surface area (Å²) < 4.78 is 0. The van der Waals surface area contributed by atoms with Crippen molar-refractivity contribution in [2.75, 3.05) is 18.5 Å². The van der Waals surface area contributed by atoms with Gasteiger partial charge in [0.05, 0.1) is 5.56 Å². The van der Waals surface area contributed by atoms with Gasteiger partial charge in [-0.05, 0) is 18.6 Å². The third kappa shape index (κ3) is 3.09. The number of nitrogens with one attached hydrogen (secondary N) is 1. The van der Waals surface area contributed by atoms with Crippen LogP contribution in [-0.2, 0) is 0 Å². The van der Waals surface area contributed by atoms with Crippen LogP contribution in [0.25, 0.3) is 0 Å². The van der Waals surface area contributed by atoms with Crippen molar-refractivity contribution in [1.82, 2.24) is 4.98 Å². The standard InChI is InChI=1S/C9H11N3O/c10-6-8-2-3-9(12-7-8)11-4-1-5-13/h2-3,7,13H,1,4-5H2,(H,11,12). The zero-order valence-electron chi connectivity index (χ0n) is 7.20. The molecule has 68 valence electrons. The lowest BCUT2D eigenvalue weighted by molar-refractivity contribution is 0.292. The van der Waals surface area contributed by atoms with Crippen LogP contribution in [0.1, 0.15) is 12.0 Å². The molecular formula is C9H11N3O. The molecule has 13 heavy (non-hydrogen) atoms. The Hall–Kier alpha value is -1.60. The van der Waals surface area contributed by atoms with Gasteiger partial charge in [0.2, 0.25) is 0 Å². The highest BCUT2D eigenvalue weighted by Crippen LogP contribution is 2.03. The molecule has 0 unspecified atom stereocenters. The molecule has 0 aromatic carbocycles. The second-order valence-electron chi connectivity index (χ2n) is 2.55. The van der Waals surface area contributed by atoms with Crippen molar-refractivity contribution < 1.29 is 5.11 Å². The predicted octanol–water partition coefficient (Wildman–Crippen LogP) is 0.748. The van der Waals surface area contributed by atoms with E-state index in [9.17, 15) is 0 Å². The number of nitrogens with zero attached hydrogens (tertiary/aromatic N) is 2. The zero-order chi connectivity index (χ0) is 9.52. The van der Waals surface area contributed by atoms with E-state index < -0.39 is 0 Å². The Morgan fingerprint density at radius 3 is 2.92 bits per heavy atom. The number of aromatic nitrogens is 1. The zero-order valence-corrected chi connectivity index (χ0v) is 7.20. The number of nitriles is 1. The van der Waals surface area contributed by atoms with Crippen molar-refractivity contribution in [2.45, 2.75) is 6.42 Å². The molecule has 0 saturated carbocycles. The van der Waals surface area contributed by atoms with Gasteiger partial charge in [-0.2, -0.15) is 5.26 Å². The first-order valence-electron chi connectivity index (χ1n) is 4.07. The molecule has 0 bridgehead atoms. The highest BCUT2D eigenvalue weighted by molar-refractivity contribution is 5.38. The van der Waals surface area contributed by atoms with E-state index in [0.29, 0.717) is 18.5 Å². The number of pyridine rings is 1. The first-order valence-corrected chi connectivity index (χ1v) is 4.07. The monoisotopic (exact) mass is 177 g/mol. The molecule has 0 aliphatic heterocycles. The number of rotatable bonds is 4. The van der Waals surface area contributed by atoms with E-state index in [1.165, 1.54) is 6.20 Å². The predicted molar refractivity (Wildman–Crippen MR) is 49.1 cm³/mol. The topological polar surface area (TPSA) is 68.9 Å². The molecule has 4 nitrogen and oxygen atoms in total. The van der Waals surface area contributed by atoms with E-state index in [4.69, 9.17) is 10.4 Å². The lowest BCUT2D eigenvalue weighted by atomic mass is 10.3. The Morgan fingerprint density at radius 2 is 2.38 bits per heavy atom. The minimum Gasteiger partial charge on any atom is -0.396 e. The summed E-state index contributed by atoms with van der Waals surface area (Å²) in [6, 6.07) is 5.44. The Labute approximate surface area is 76.8 Å². The maximum absolute atomic E-state index is 8.52. The summed E-state index contributed by atoms with van der Waals surface area (Å²) in [5.74, 6) is 0.729. The third-order valence-corrected chi connectivity index (χ3v) is 1.53. The van der Waals surface area contributed by atoms with Crippen molar-refractivity contribution in [3.63, 3.8) is 0 Å². The van der Waals surface area contributed by atoms with Crippen LogP contribution in [0, 0.1) is 11.3 Å². The van der Waals surface area contributed by atoms with E-state index in [-0.39, 0.29) is 6.61 Å². The molecular weight excluding hydrogens is 166 g/mol. The highest BCUT2D eigenvalue weighted by atomic mass is 16.3. The van der Waals surface area contributed by atoms with E-state index in [1.807, 2.05) is 6.07 Å². The maximum atomic E-state index is 8.52. The Morgan fingerprint density at radius 1 is 1.54 bits per heavy atom. The smallest absolute Gasteiger partial charge is 0.125 e. The normalized spacial score (nSPS) is 9.23. The third-order valence-electron chi connectivity index (χ3n) is 1.53. The summed E-state index contributed by atoms with van der Waals surface area (Å²) in [4.78, 5) is 4.01. The fraction of sp³-hybridized carbons (Fsp3) is 0.333. The summed E-state index contributed by atoms with van der Waals surface area (Å²) in [6.45, 7) is 0.860.